The molecule has 0 aliphatic rings. The van der Waals surface area contributed by atoms with Crippen molar-refractivity contribution in [1.82, 2.24) is 0 Å². The van der Waals surface area contributed by atoms with E-state index in [9.17, 15) is 0 Å². The van der Waals surface area contributed by atoms with Gasteiger partial charge < -0.3 is 31.4 Å². The van der Waals surface area contributed by atoms with Gasteiger partial charge in [-0.25, -0.2) is 0 Å². The predicted octanol–water partition coefficient (Wildman–Crippen LogP) is 5.81. The van der Waals surface area contributed by atoms with Crippen LogP contribution in [0.2, 0.25) is 0 Å². The highest BCUT2D eigenvalue weighted by molar-refractivity contribution is 5.50. The van der Waals surface area contributed by atoms with Gasteiger partial charge in [-0.15, -0.1) is 0 Å². The maximum atomic E-state index is 5.97. The first-order valence-corrected chi connectivity index (χ1v) is 9.29. The minimum atomic E-state index is 0.554. The Bertz CT molecular complexity index is 967. The Balaban J connectivity index is 1.64. The number of hydrogen-bond donors (Lipinski definition) is 3. The summed E-state index contributed by atoms with van der Waals surface area (Å²) < 4.78 is 17.9. The first-order valence-electron chi connectivity index (χ1n) is 9.29. The molecule has 0 heterocycles. The molecule has 0 aromatic heterocycles. The van der Waals surface area contributed by atoms with E-state index >= 15 is 0 Å². The van der Waals surface area contributed by atoms with Crippen LogP contribution in [-0.2, 0) is 0 Å². The zero-order chi connectivity index (χ0) is 20.9. The molecule has 0 atom stereocenters. The highest BCUT2D eigenvalue weighted by Crippen LogP contribution is 2.35. The SMILES string of the molecule is Nc1ccc(Oc2cc(Oc3ccc(N)cc3)cc(Oc3ccc(N)cc3)c2)cc1. The third kappa shape index (κ3) is 4.94. The molecule has 4 rings (SSSR count). The van der Waals surface area contributed by atoms with Gasteiger partial charge in [0.1, 0.15) is 34.5 Å². The van der Waals surface area contributed by atoms with Crippen molar-refractivity contribution in [2.45, 2.75) is 0 Å². The van der Waals surface area contributed by atoms with Crippen molar-refractivity contribution >= 4 is 17.1 Å². The first kappa shape index (κ1) is 19.0. The van der Waals surface area contributed by atoms with E-state index in [1.54, 1.807) is 91.0 Å². The van der Waals surface area contributed by atoms with Gasteiger partial charge in [-0.3, -0.25) is 0 Å². The lowest BCUT2D eigenvalue weighted by molar-refractivity contribution is 0.440. The minimum Gasteiger partial charge on any atom is -0.457 e. The summed E-state index contributed by atoms with van der Waals surface area (Å²) in [6.07, 6.45) is 0. The average Bonchev–Trinajstić information content (AvgIpc) is 2.73. The summed E-state index contributed by atoms with van der Waals surface area (Å²) in [6.45, 7) is 0. The minimum absolute atomic E-state index is 0.554. The van der Waals surface area contributed by atoms with Gasteiger partial charge in [0, 0.05) is 35.3 Å². The van der Waals surface area contributed by atoms with Crippen LogP contribution in [0.3, 0.4) is 0 Å². The lowest BCUT2D eigenvalue weighted by atomic mass is 10.2. The van der Waals surface area contributed by atoms with Crippen molar-refractivity contribution in [2.24, 2.45) is 0 Å². The maximum Gasteiger partial charge on any atom is 0.134 e. The Morgan fingerprint density at radius 3 is 0.800 bits per heavy atom. The van der Waals surface area contributed by atoms with E-state index in [1.165, 1.54) is 0 Å². The van der Waals surface area contributed by atoms with Crippen LogP contribution in [0.15, 0.2) is 91.0 Å². The summed E-state index contributed by atoms with van der Waals surface area (Å²) in [5.41, 5.74) is 19.2. The highest BCUT2D eigenvalue weighted by Gasteiger charge is 2.08. The molecule has 4 aromatic carbocycles. The number of anilines is 3. The van der Waals surface area contributed by atoms with E-state index in [2.05, 4.69) is 0 Å². The van der Waals surface area contributed by atoms with Crippen LogP contribution in [0.25, 0.3) is 0 Å². The zero-order valence-corrected chi connectivity index (χ0v) is 16.1. The van der Waals surface area contributed by atoms with Crippen molar-refractivity contribution < 1.29 is 14.2 Å². The highest BCUT2D eigenvalue weighted by atomic mass is 16.5. The van der Waals surface area contributed by atoms with E-state index in [1.807, 2.05) is 0 Å². The predicted molar refractivity (Wildman–Crippen MR) is 119 cm³/mol. The fourth-order valence-corrected chi connectivity index (χ4v) is 2.74. The molecule has 0 fully saturated rings. The van der Waals surface area contributed by atoms with E-state index < -0.39 is 0 Å². The summed E-state index contributed by atoms with van der Waals surface area (Å²) in [5, 5.41) is 0. The van der Waals surface area contributed by atoms with E-state index in [4.69, 9.17) is 31.4 Å². The maximum absolute atomic E-state index is 5.97. The molecule has 6 N–H and O–H groups in total. The summed E-state index contributed by atoms with van der Waals surface area (Å²) in [4.78, 5) is 0. The van der Waals surface area contributed by atoms with Gasteiger partial charge in [0.15, 0.2) is 0 Å². The fraction of sp³-hybridized carbons (Fsp3) is 0. The van der Waals surface area contributed by atoms with Gasteiger partial charge in [0.05, 0.1) is 0 Å². The lowest BCUT2D eigenvalue weighted by Crippen LogP contribution is -1.92. The van der Waals surface area contributed by atoms with Crippen LogP contribution < -0.4 is 31.4 Å². The molecule has 4 aromatic rings. The van der Waals surface area contributed by atoms with Crippen LogP contribution in [0.1, 0.15) is 0 Å². The van der Waals surface area contributed by atoms with Crippen LogP contribution in [-0.4, -0.2) is 0 Å². The Kier molecular flexibility index (Phi) is 5.30. The van der Waals surface area contributed by atoms with E-state index in [-0.39, 0.29) is 0 Å². The number of rotatable bonds is 6. The molecule has 6 heteroatoms. The van der Waals surface area contributed by atoms with Crippen molar-refractivity contribution in [1.29, 1.82) is 0 Å². The summed E-state index contributed by atoms with van der Waals surface area (Å²) in [5.74, 6) is 3.60. The Morgan fingerprint density at radius 1 is 0.333 bits per heavy atom. The molecule has 30 heavy (non-hydrogen) atoms. The second-order valence-electron chi connectivity index (χ2n) is 6.65. The van der Waals surface area contributed by atoms with Crippen molar-refractivity contribution in [2.75, 3.05) is 17.2 Å². The number of nitrogens with two attached hydrogens (primary N) is 3. The topological polar surface area (TPSA) is 106 Å². The standard InChI is InChI=1S/C24H21N3O3/c25-16-1-7-19(8-2-16)28-22-13-23(29-20-9-3-17(26)4-10-20)15-24(14-22)30-21-11-5-18(27)6-12-21/h1-15H,25-27H2. The van der Waals surface area contributed by atoms with Crippen molar-refractivity contribution in [3.63, 3.8) is 0 Å². The molecule has 0 saturated carbocycles. The van der Waals surface area contributed by atoms with Gasteiger partial charge >= 0.3 is 0 Å². The van der Waals surface area contributed by atoms with Crippen molar-refractivity contribution in [3.8, 4) is 34.5 Å². The van der Waals surface area contributed by atoms with Crippen LogP contribution in [0, 0.1) is 0 Å². The van der Waals surface area contributed by atoms with Gasteiger partial charge in [0.2, 0.25) is 0 Å². The van der Waals surface area contributed by atoms with E-state index in [0.29, 0.717) is 51.6 Å². The monoisotopic (exact) mass is 399 g/mol. The zero-order valence-electron chi connectivity index (χ0n) is 16.1. The molecule has 0 bridgehead atoms. The Hall–Kier alpha value is -4.32. The largest absolute Gasteiger partial charge is 0.457 e. The molecular weight excluding hydrogens is 378 g/mol. The molecule has 0 aliphatic heterocycles. The summed E-state index contributed by atoms with van der Waals surface area (Å²) in [7, 11) is 0. The Labute approximate surface area is 174 Å². The molecule has 150 valence electrons. The Morgan fingerprint density at radius 2 is 0.567 bits per heavy atom. The third-order valence-corrected chi connectivity index (χ3v) is 4.20. The van der Waals surface area contributed by atoms with Gasteiger partial charge in [-0.1, -0.05) is 0 Å². The second kappa shape index (κ2) is 8.36. The first-order chi connectivity index (χ1) is 14.5. The molecule has 0 aliphatic carbocycles. The molecule has 6 nitrogen and oxygen atoms in total. The molecule has 0 saturated heterocycles. The van der Waals surface area contributed by atoms with Crippen molar-refractivity contribution in [3.05, 3.63) is 91.0 Å². The second-order valence-corrected chi connectivity index (χ2v) is 6.65. The summed E-state index contributed by atoms with van der Waals surface area (Å²) in [6, 6.07) is 26.8. The van der Waals surface area contributed by atoms with Crippen LogP contribution >= 0.6 is 0 Å². The number of hydrogen-bond acceptors (Lipinski definition) is 6. The third-order valence-electron chi connectivity index (χ3n) is 4.20. The van der Waals surface area contributed by atoms with Gasteiger partial charge in [-0.05, 0) is 72.8 Å². The molecule has 0 spiro atoms. The molecular formula is C24H21N3O3. The molecule has 0 unspecified atom stereocenters. The quantitative estimate of drug-likeness (QED) is 0.353. The normalized spacial score (nSPS) is 10.4. The number of ether oxygens (including phenoxy) is 3. The average molecular weight is 399 g/mol. The van der Waals surface area contributed by atoms with E-state index in [0.717, 1.165) is 0 Å². The number of nitrogen functional groups attached to an aromatic ring is 3. The number of benzene rings is 4. The summed E-state index contributed by atoms with van der Waals surface area (Å²) >= 11 is 0. The van der Waals surface area contributed by atoms with Gasteiger partial charge in [0.25, 0.3) is 0 Å². The van der Waals surface area contributed by atoms with Gasteiger partial charge in [-0.2, -0.15) is 0 Å². The smallest absolute Gasteiger partial charge is 0.134 e. The van der Waals surface area contributed by atoms with Crippen LogP contribution in [0.5, 0.6) is 34.5 Å². The molecule has 0 radical (unpaired) electrons. The lowest BCUT2D eigenvalue weighted by Gasteiger charge is -2.13. The van der Waals surface area contributed by atoms with Crippen LogP contribution in [0.4, 0.5) is 17.1 Å². The fourth-order valence-electron chi connectivity index (χ4n) is 2.74. The molecule has 0 amide bonds.